The summed E-state index contributed by atoms with van der Waals surface area (Å²) in [4.78, 5) is 11.2. The van der Waals surface area contributed by atoms with Crippen LogP contribution in [0.4, 0.5) is 0 Å². The van der Waals surface area contributed by atoms with Gasteiger partial charge in [-0.15, -0.1) is 0 Å². The molecule has 0 spiro atoms. The molecule has 0 aromatic rings. The van der Waals surface area contributed by atoms with Gasteiger partial charge in [0.25, 0.3) is 0 Å². The van der Waals surface area contributed by atoms with Gasteiger partial charge >= 0.3 is 5.97 Å². The third-order valence-electron chi connectivity index (χ3n) is 1.53. The van der Waals surface area contributed by atoms with Gasteiger partial charge in [0.2, 0.25) is 0 Å². The molecule has 0 radical (unpaired) electrons. The Morgan fingerprint density at radius 1 is 1.57 bits per heavy atom. The van der Waals surface area contributed by atoms with Gasteiger partial charge in [-0.3, -0.25) is 0 Å². The van der Waals surface area contributed by atoms with Gasteiger partial charge in [-0.1, -0.05) is 25.5 Å². The Kier molecular flexibility index (Phi) is 7.16. The maximum Gasteiger partial charge on any atom is 0.348 e. The number of allylic oxidation sites excluding steroid dienone is 3. The van der Waals surface area contributed by atoms with E-state index >= 15 is 0 Å². The average Bonchev–Trinajstić information content (AvgIpc) is 2.19. The monoisotopic (exact) mass is 193 g/mol. The van der Waals surface area contributed by atoms with E-state index in [0.29, 0.717) is 6.61 Å². The summed E-state index contributed by atoms with van der Waals surface area (Å²) in [7, 11) is 0. The van der Waals surface area contributed by atoms with E-state index < -0.39 is 5.97 Å². The summed E-state index contributed by atoms with van der Waals surface area (Å²) in [5, 5.41) is 8.63. The SMILES string of the molecule is C/C=C/C=C(\C#N)C(=O)OCCCC. The molecule has 0 aliphatic rings. The number of carbonyl (C=O) groups is 1. The minimum atomic E-state index is -0.543. The largest absolute Gasteiger partial charge is 0.462 e. The lowest BCUT2D eigenvalue weighted by atomic mass is 10.2. The summed E-state index contributed by atoms with van der Waals surface area (Å²) >= 11 is 0. The normalized spacial score (nSPS) is 11.4. The van der Waals surface area contributed by atoms with E-state index in [4.69, 9.17) is 10.00 Å². The molecule has 0 atom stereocenters. The molecule has 76 valence electrons. The number of carbonyl (C=O) groups excluding carboxylic acids is 1. The van der Waals surface area contributed by atoms with E-state index in [2.05, 4.69) is 0 Å². The lowest BCUT2D eigenvalue weighted by molar-refractivity contribution is -0.138. The van der Waals surface area contributed by atoms with E-state index in [1.165, 1.54) is 6.08 Å². The highest BCUT2D eigenvalue weighted by atomic mass is 16.5. The van der Waals surface area contributed by atoms with Crippen molar-refractivity contribution in [1.82, 2.24) is 0 Å². The van der Waals surface area contributed by atoms with Crippen LogP contribution < -0.4 is 0 Å². The third-order valence-corrected chi connectivity index (χ3v) is 1.53. The summed E-state index contributed by atoms with van der Waals surface area (Å²) in [6.07, 6.45) is 6.63. The molecule has 0 amide bonds. The summed E-state index contributed by atoms with van der Waals surface area (Å²) in [6, 6.07) is 1.80. The fraction of sp³-hybridized carbons (Fsp3) is 0.455. The molecule has 14 heavy (non-hydrogen) atoms. The zero-order valence-electron chi connectivity index (χ0n) is 8.62. The smallest absolute Gasteiger partial charge is 0.348 e. The Bertz CT molecular complexity index is 272. The fourth-order valence-electron chi connectivity index (χ4n) is 0.730. The molecule has 0 heterocycles. The maximum atomic E-state index is 11.2. The van der Waals surface area contributed by atoms with E-state index in [-0.39, 0.29) is 5.57 Å². The van der Waals surface area contributed by atoms with Gasteiger partial charge in [0.1, 0.15) is 11.6 Å². The first-order valence-electron chi connectivity index (χ1n) is 4.66. The number of hydrogen-bond donors (Lipinski definition) is 0. The third kappa shape index (κ3) is 5.15. The van der Waals surface area contributed by atoms with Gasteiger partial charge in [-0.05, 0) is 19.4 Å². The molecule has 0 N–H and O–H groups in total. The van der Waals surface area contributed by atoms with Gasteiger partial charge in [0, 0.05) is 0 Å². The first-order valence-corrected chi connectivity index (χ1v) is 4.66. The Balaban J connectivity index is 4.14. The number of unbranched alkanes of at least 4 members (excludes halogenated alkanes) is 1. The zero-order chi connectivity index (χ0) is 10.8. The molecule has 0 fully saturated rings. The van der Waals surface area contributed by atoms with Gasteiger partial charge in [0.15, 0.2) is 0 Å². The molecule has 0 aliphatic heterocycles. The second-order valence-electron chi connectivity index (χ2n) is 2.71. The highest BCUT2D eigenvalue weighted by molar-refractivity contribution is 5.93. The quantitative estimate of drug-likeness (QED) is 0.221. The van der Waals surface area contributed by atoms with Crippen LogP contribution in [0.5, 0.6) is 0 Å². The molecule has 3 nitrogen and oxygen atoms in total. The van der Waals surface area contributed by atoms with Crippen LogP contribution in [0.3, 0.4) is 0 Å². The number of hydrogen-bond acceptors (Lipinski definition) is 3. The van der Waals surface area contributed by atoms with Crippen molar-refractivity contribution in [3.05, 3.63) is 23.8 Å². The van der Waals surface area contributed by atoms with Crippen LogP contribution >= 0.6 is 0 Å². The first-order chi connectivity index (χ1) is 6.76. The van der Waals surface area contributed by atoms with Crippen molar-refractivity contribution in [2.24, 2.45) is 0 Å². The average molecular weight is 193 g/mol. The fourth-order valence-corrected chi connectivity index (χ4v) is 0.730. The topological polar surface area (TPSA) is 50.1 Å². The first kappa shape index (κ1) is 12.4. The van der Waals surface area contributed by atoms with E-state index in [0.717, 1.165) is 12.8 Å². The second kappa shape index (κ2) is 8.06. The molecule has 0 unspecified atom stereocenters. The van der Waals surface area contributed by atoms with Gasteiger partial charge in [-0.2, -0.15) is 5.26 Å². The van der Waals surface area contributed by atoms with Crippen molar-refractivity contribution >= 4 is 5.97 Å². The van der Waals surface area contributed by atoms with Crippen molar-refractivity contribution in [2.45, 2.75) is 26.7 Å². The predicted molar refractivity (Wildman–Crippen MR) is 54.4 cm³/mol. The van der Waals surface area contributed by atoms with Crippen molar-refractivity contribution in [1.29, 1.82) is 5.26 Å². The number of esters is 1. The molecule has 0 saturated carbocycles. The molecule has 0 aromatic carbocycles. The number of ether oxygens (including phenoxy) is 1. The van der Waals surface area contributed by atoms with Crippen LogP contribution in [0.25, 0.3) is 0 Å². The zero-order valence-corrected chi connectivity index (χ0v) is 8.62. The van der Waals surface area contributed by atoms with Gasteiger partial charge in [-0.25, -0.2) is 4.79 Å². The summed E-state index contributed by atoms with van der Waals surface area (Å²) in [6.45, 7) is 4.20. The molecular weight excluding hydrogens is 178 g/mol. The van der Waals surface area contributed by atoms with Crippen LogP contribution in [0, 0.1) is 11.3 Å². The highest BCUT2D eigenvalue weighted by Crippen LogP contribution is 1.99. The summed E-state index contributed by atoms with van der Waals surface area (Å²) < 4.78 is 4.87. The van der Waals surface area contributed by atoms with E-state index in [9.17, 15) is 4.79 Å². The van der Waals surface area contributed by atoms with Gasteiger partial charge in [0.05, 0.1) is 6.61 Å². The summed E-state index contributed by atoms with van der Waals surface area (Å²) in [5.41, 5.74) is 0.0409. The number of rotatable bonds is 5. The second-order valence-corrected chi connectivity index (χ2v) is 2.71. The lowest BCUT2D eigenvalue weighted by Crippen LogP contribution is -2.07. The van der Waals surface area contributed by atoms with Crippen LogP contribution in [-0.2, 0) is 9.53 Å². The van der Waals surface area contributed by atoms with Crippen LogP contribution in [0.2, 0.25) is 0 Å². The van der Waals surface area contributed by atoms with Crippen LogP contribution in [-0.4, -0.2) is 12.6 Å². The minimum Gasteiger partial charge on any atom is -0.462 e. The standard InChI is InChI=1S/C11H15NO2/c1-3-5-7-10(9-12)11(13)14-8-6-4-2/h3,5,7H,4,6,8H2,1-2H3/b5-3+,10-7+. The Labute approximate surface area is 84.7 Å². The van der Waals surface area contributed by atoms with Crippen molar-refractivity contribution < 1.29 is 9.53 Å². The lowest BCUT2D eigenvalue weighted by Gasteiger charge is -2.00. The van der Waals surface area contributed by atoms with Crippen molar-refractivity contribution in [3.8, 4) is 6.07 Å². The molecule has 0 rings (SSSR count). The van der Waals surface area contributed by atoms with Crippen LogP contribution in [0.15, 0.2) is 23.8 Å². The summed E-state index contributed by atoms with van der Waals surface area (Å²) in [5.74, 6) is -0.543. The predicted octanol–water partition coefficient (Wildman–Crippen LogP) is 2.36. The highest BCUT2D eigenvalue weighted by Gasteiger charge is 2.08. The molecule has 3 heteroatoms. The molecule has 0 aromatic heterocycles. The van der Waals surface area contributed by atoms with Crippen molar-refractivity contribution in [3.63, 3.8) is 0 Å². The Hall–Kier alpha value is -1.56. The molecular formula is C11H15NO2. The van der Waals surface area contributed by atoms with E-state index in [1.54, 1.807) is 18.2 Å². The molecule has 0 aliphatic carbocycles. The Morgan fingerprint density at radius 3 is 2.79 bits per heavy atom. The number of nitriles is 1. The Morgan fingerprint density at radius 2 is 2.29 bits per heavy atom. The number of nitrogens with zero attached hydrogens (tertiary/aromatic N) is 1. The molecule has 0 saturated heterocycles. The minimum absolute atomic E-state index is 0.0409. The molecule has 0 bridgehead atoms. The maximum absolute atomic E-state index is 11.2. The van der Waals surface area contributed by atoms with Gasteiger partial charge < -0.3 is 4.74 Å². The van der Waals surface area contributed by atoms with Crippen LogP contribution in [0.1, 0.15) is 26.7 Å². The van der Waals surface area contributed by atoms with E-state index in [1.807, 2.05) is 13.8 Å². The van der Waals surface area contributed by atoms with Crippen molar-refractivity contribution in [2.75, 3.05) is 6.61 Å².